The third kappa shape index (κ3) is 5.70. The first-order valence-electron chi connectivity index (χ1n) is 10.5. The number of nitrogens with zero attached hydrogens (tertiary/aromatic N) is 1. The largest absolute Gasteiger partial charge is 0.476 e. The first-order chi connectivity index (χ1) is 13.8. The SMILES string of the molecule is CC(C1CCC1)[C@@](C)(O)CC=C[C@H]1CCC(=O)[C@@H]1CCSc1nc(C(=O)O)cs1. The zero-order chi connectivity index (χ0) is 21.0. The molecule has 2 saturated carbocycles. The lowest BCUT2D eigenvalue weighted by Gasteiger charge is -2.40. The summed E-state index contributed by atoms with van der Waals surface area (Å²) in [5, 5.41) is 21.4. The second kappa shape index (κ2) is 9.75. The topological polar surface area (TPSA) is 87.5 Å². The minimum absolute atomic E-state index is 0.0201. The molecule has 0 amide bonds. The Kier molecular flexibility index (Phi) is 7.57. The summed E-state index contributed by atoms with van der Waals surface area (Å²) in [6.45, 7) is 4.10. The second-order valence-electron chi connectivity index (χ2n) is 8.69. The highest BCUT2D eigenvalue weighted by Crippen LogP contribution is 2.40. The molecule has 4 atom stereocenters. The zero-order valence-corrected chi connectivity index (χ0v) is 18.8. The summed E-state index contributed by atoms with van der Waals surface area (Å²) in [6.07, 6.45) is 10.9. The maximum absolute atomic E-state index is 12.3. The van der Waals surface area contributed by atoms with Crippen molar-refractivity contribution in [3.63, 3.8) is 0 Å². The number of rotatable bonds is 10. The predicted octanol–water partition coefficient (Wildman–Crippen LogP) is 5.05. The first-order valence-corrected chi connectivity index (χ1v) is 12.4. The van der Waals surface area contributed by atoms with Crippen LogP contribution in [0, 0.1) is 23.7 Å². The number of carboxylic acids is 1. The Bertz CT molecular complexity index is 754. The van der Waals surface area contributed by atoms with E-state index < -0.39 is 11.6 Å². The van der Waals surface area contributed by atoms with Gasteiger partial charge in [-0.15, -0.1) is 11.3 Å². The van der Waals surface area contributed by atoms with Gasteiger partial charge >= 0.3 is 5.97 Å². The van der Waals surface area contributed by atoms with Crippen molar-refractivity contribution < 1.29 is 19.8 Å². The van der Waals surface area contributed by atoms with Gasteiger partial charge in [0, 0.05) is 23.5 Å². The number of Topliss-reactive ketones (excluding diaryl/α,β-unsaturated/α-hetero) is 1. The van der Waals surface area contributed by atoms with Gasteiger partial charge in [-0.25, -0.2) is 9.78 Å². The standard InChI is InChI=1S/C22H31NO4S2/c1-14(15-5-3-6-15)22(2,27)11-4-7-16-8-9-19(24)17(16)10-12-28-21-23-18(13-29-21)20(25)26/h4,7,13-17,27H,3,5-6,8-12H2,1-2H3,(H,25,26)/t14?,16-,17+,22-/m0/s1. The van der Waals surface area contributed by atoms with Gasteiger partial charge in [0.05, 0.1) is 5.60 Å². The summed E-state index contributed by atoms with van der Waals surface area (Å²) in [6, 6.07) is 0. The monoisotopic (exact) mass is 437 g/mol. The summed E-state index contributed by atoms with van der Waals surface area (Å²) in [7, 11) is 0. The van der Waals surface area contributed by atoms with Crippen LogP contribution in [-0.4, -0.2) is 38.3 Å². The molecule has 5 nitrogen and oxygen atoms in total. The van der Waals surface area contributed by atoms with E-state index in [0.29, 0.717) is 30.5 Å². The molecule has 3 rings (SSSR count). The molecule has 7 heteroatoms. The molecule has 0 aliphatic heterocycles. The van der Waals surface area contributed by atoms with E-state index in [-0.39, 0.29) is 17.5 Å². The number of hydrogen-bond donors (Lipinski definition) is 2. The predicted molar refractivity (Wildman–Crippen MR) is 117 cm³/mol. The van der Waals surface area contributed by atoms with Crippen molar-refractivity contribution in [3.05, 3.63) is 23.2 Å². The van der Waals surface area contributed by atoms with Crippen LogP contribution in [0.2, 0.25) is 0 Å². The van der Waals surface area contributed by atoms with Crippen LogP contribution in [0.1, 0.15) is 69.3 Å². The fourth-order valence-corrected chi connectivity index (χ4v) is 6.24. The number of carbonyl (C=O) groups is 2. The van der Waals surface area contributed by atoms with Gasteiger partial charge in [0.15, 0.2) is 10.0 Å². The Labute approximate surface area is 181 Å². The Morgan fingerprint density at radius 3 is 2.83 bits per heavy atom. The number of hydrogen-bond acceptors (Lipinski definition) is 6. The van der Waals surface area contributed by atoms with E-state index in [4.69, 9.17) is 5.11 Å². The highest BCUT2D eigenvalue weighted by atomic mass is 32.2. The van der Waals surface area contributed by atoms with Crippen molar-refractivity contribution in [3.8, 4) is 0 Å². The summed E-state index contributed by atoms with van der Waals surface area (Å²) in [4.78, 5) is 27.3. The second-order valence-corrected chi connectivity index (χ2v) is 10.9. The van der Waals surface area contributed by atoms with Crippen LogP contribution >= 0.6 is 23.1 Å². The number of allylic oxidation sites excluding steroid dienone is 1. The number of aromatic nitrogens is 1. The Morgan fingerprint density at radius 1 is 1.45 bits per heavy atom. The van der Waals surface area contributed by atoms with Crippen molar-refractivity contribution in [1.29, 1.82) is 0 Å². The average molecular weight is 438 g/mol. The minimum atomic E-state index is -1.01. The molecule has 29 heavy (non-hydrogen) atoms. The van der Waals surface area contributed by atoms with Crippen LogP contribution in [0.25, 0.3) is 0 Å². The van der Waals surface area contributed by atoms with Crippen LogP contribution in [-0.2, 0) is 4.79 Å². The average Bonchev–Trinajstić information content (AvgIpc) is 3.22. The molecule has 2 aliphatic rings. The van der Waals surface area contributed by atoms with Crippen molar-refractivity contribution in [2.45, 2.75) is 68.7 Å². The van der Waals surface area contributed by atoms with Crippen LogP contribution in [0.5, 0.6) is 0 Å². The normalized spacial score (nSPS) is 25.8. The molecule has 2 aliphatic carbocycles. The number of thioether (sulfide) groups is 1. The molecular weight excluding hydrogens is 406 g/mol. The lowest BCUT2D eigenvalue weighted by Crippen LogP contribution is -2.39. The van der Waals surface area contributed by atoms with Crippen molar-refractivity contribution >= 4 is 34.9 Å². The molecular formula is C22H31NO4S2. The molecule has 2 fully saturated rings. The van der Waals surface area contributed by atoms with Gasteiger partial charge < -0.3 is 10.2 Å². The van der Waals surface area contributed by atoms with E-state index in [0.717, 1.165) is 22.9 Å². The van der Waals surface area contributed by atoms with Crippen LogP contribution in [0.4, 0.5) is 0 Å². The summed E-state index contributed by atoms with van der Waals surface area (Å²) >= 11 is 2.86. The van der Waals surface area contributed by atoms with Gasteiger partial charge in [0.1, 0.15) is 5.78 Å². The summed E-state index contributed by atoms with van der Waals surface area (Å²) in [5.74, 6) is 1.27. The van der Waals surface area contributed by atoms with Crippen LogP contribution in [0.3, 0.4) is 0 Å². The Morgan fingerprint density at radius 2 is 2.21 bits per heavy atom. The number of ketones is 1. The van der Waals surface area contributed by atoms with E-state index in [1.54, 1.807) is 5.38 Å². The van der Waals surface area contributed by atoms with Crippen molar-refractivity contribution in [2.24, 2.45) is 23.7 Å². The van der Waals surface area contributed by atoms with Crippen LogP contribution < -0.4 is 0 Å². The lowest BCUT2D eigenvalue weighted by molar-refractivity contribution is -0.121. The number of carbonyl (C=O) groups excluding carboxylic acids is 1. The Balaban J connectivity index is 1.48. The van der Waals surface area contributed by atoms with Crippen molar-refractivity contribution in [2.75, 3.05) is 5.75 Å². The van der Waals surface area contributed by atoms with Crippen LogP contribution in [0.15, 0.2) is 21.9 Å². The first kappa shape index (κ1) is 22.5. The molecule has 160 valence electrons. The molecule has 2 N–H and O–H groups in total. The number of thiazole rings is 1. The quantitative estimate of drug-likeness (QED) is 0.393. The van der Waals surface area contributed by atoms with Gasteiger partial charge in [0.25, 0.3) is 0 Å². The molecule has 0 aromatic carbocycles. The molecule has 0 saturated heterocycles. The molecule has 0 radical (unpaired) electrons. The maximum atomic E-state index is 12.3. The summed E-state index contributed by atoms with van der Waals surface area (Å²) in [5.41, 5.74) is -0.610. The molecule has 1 unspecified atom stereocenters. The lowest BCUT2D eigenvalue weighted by atomic mass is 9.69. The third-order valence-electron chi connectivity index (χ3n) is 6.76. The van der Waals surface area contributed by atoms with Crippen molar-refractivity contribution in [1.82, 2.24) is 4.98 Å². The van der Waals surface area contributed by atoms with Gasteiger partial charge in [-0.05, 0) is 43.9 Å². The fraction of sp³-hybridized carbons (Fsp3) is 0.682. The number of aliphatic hydroxyl groups is 1. The van der Waals surface area contributed by atoms with Gasteiger partial charge in [-0.3, -0.25) is 4.79 Å². The summed E-state index contributed by atoms with van der Waals surface area (Å²) < 4.78 is 0.737. The molecule has 0 bridgehead atoms. The molecule has 0 spiro atoms. The molecule has 1 aromatic heterocycles. The molecule has 1 aromatic rings. The highest BCUT2D eigenvalue weighted by molar-refractivity contribution is 8.01. The smallest absolute Gasteiger partial charge is 0.355 e. The van der Waals surface area contributed by atoms with Gasteiger partial charge in [0.2, 0.25) is 0 Å². The van der Waals surface area contributed by atoms with E-state index in [9.17, 15) is 14.7 Å². The minimum Gasteiger partial charge on any atom is -0.476 e. The van der Waals surface area contributed by atoms with E-state index >= 15 is 0 Å². The Hall–Kier alpha value is -1.18. The van der Waals surface area contributed by atoms with Gasteiger partial charge in [-0.2, -0.15) is 0 Å². The highest BCUT2D eigenvalue weighted by Gasteiger charge is 2.36. The third-order valence-corrected chi connectivity index (χ3v) is 8.82. The zero-order valence-electron chi connectivity index (χ0n) is 17.2. The maximum Gasteiger partial charge on any atom is 0.355 e. The van der Waals surface area contributed by atoms with E-state index in [1.807, 2.05) is 6.92 Å². The van der Waals surface area contributed by atoms with Gasteiger partial charge in [-0.1, -0.05) is 50.1 Å². The number of aromatic carboxylic acids is 1. The fourth-order valence-electron chi connectivity index (χ4n) is 4.35. The molecule has 1 heterocycles. The van der Waals surface area contributed by atoms with E-state index in [2.05, 4.69) is 24.1 Å². The number of carboxylic acid groups (broad SMARTS) is 1. The van der Waals surface area contributed by atoms with E-state index in [1.165, 1.54) is 42.4 Å².